The van der Waals surface area contributed by atoms with Crippen LogP contribution >= 0.6 is 0 Å². The first-order valence-electron chi connectivity index (χ1n) is 7.36. The molecule has 0 aliphatic carbocycles. The molecule has 1 aromatic carbocycles. The van der Waals surface area contributed by atoms with Crippen LogP contribution in [0, 0.1) is 10.1 Å². The highest BCUT2D eigenvalue weighted by molar-refractivity contribution is 5.79. The maximum atomic E-state index is 11.8. The fourth-order valence-electron chi connectivity index (χ4n) is 1.76. The number of aromatic nitrogens is 2. The summed E-state index contributed by atoms with van der Waals surface area (Å²) in [7, 11) is 0. The molecule has 2 rings (SSSR count). The molecule has 0 atom stereocenters. The van der Waals surface area contributed by atoms with E-state index in [1.807, 2.05) is 6.07 Å². The molecule has 132 valence electrons. The number of amides is 1. The Labute approximate surface area is 143 Å². The third-order valence-electron chi connectivity index (χ3n) is 2.75. The highest BCUT2D eigenvalue weighted by atomic mass is 16.6. The van der Waals surface area contributed by atoms with Crippen LogP contribution in [0.4, 0.5) is 11.5 Å². The van der Waals surface area contributed by atoms with Crippen molar-refractivity contribution in [1.29, 1.82) is 0 Å². The number of ether oxygens (including phenoxy) is 2. The number of rotatable bonds is 8. The van der Waals surface area contributed by atoms with Crippen molar-refractivity contribution in [2.75, 3.05) is 12.0 Å². The molecule has 10 heteroatoms. The van der Waals surface area contributed by atoms with Gasteiger partial charge in [0.1, 0.15) is 12.1 Å². The van der Waals surface area contributed by atoms with E-state index in [1.165, 1.54) is 0 Å². The van der Waals surface area contributed by atoms with E-state index in [4.69, 9.17) is 9.47 Å². The van der Waals surface area contributed by atoms with Gasteiger partial charge in [-0.25, -0.2) is 4.98 Å². The van der Waals surface area contributed by atoms with E-state index in [1.54, 1.807) is 38.1 Å². The van der Waals surface area contributed by atoms with Gasteiger partial charge in [-0.2, -0.15) is 4.98 Å². The number of anilines is 1. The number of hydrogen-bond acceptors (Lipinski definition) is 8. The lowest BCUT2D eigenvalue weighted by Crippen LogP contribution is -2.34. The number of hydrogen-bond donors (Lipinski definition) is 2. The van der Waals surface area contributed by atoms with E-state index < -0.39 is 16.5 Å². The van der Waals surface area contributed by atoms with Gasteiger partial charge in [0.2, 0.25) is 5.82 Å². The lowest BCUT2D eigenvalue weighted by molar-refractivity contribution is -0.385. The Morgan fingerprint density at radius 1 is 1.28 bits per heavy atom. The van der Waals surface area contributed by atoms with Crippen LogP contribution in [0.5, 0.6) is 11.6 Å². The zero-order valence-corrected chi connectivity index (χ0v) is 13.6. The smallest absolute Gasteiger partial charge is 0.374 e. The summed E-state index contributed by atoms with van der Waals surface area (Å²) >= 11 is 0. The molecule has 0 aliphatic heterocycles. The molecular formula is C15H17N5O5. The van der Waals surface area contributed by atoms with Crippen molar-refractivity contribution in [2.45, 2.75) is 20.0 Å². The Hall–Kier alpha value is -3.43. The molecule has 2 N–H and O–H groups in total. The summed E-state index contributed by atoms with van der Waals surface area (Å²) in [5.41, 5.74) is 4.20. The summed E-state index contributed by atoms with van der Waals surface area (Å²) < 4.78 is 10.6. The number of nitro groups is 1. The van der Waals surface area contributed by atoms with Crippen molar-refractivity contribution in [3.05, 3.63) is 46.8 Å². The van der Waals surface area contributed by atoms with Gasteiger partial charge in [-0.1, -0.05) is 18.2 Å². The van der Waals surface area contributed by atoms with Crippen molar-refractivity contribution in [2.24, 2.45) is 0 Å². The van der Waals surface area contributed by atoms with E-state index in [-0.39, 0.29) is 24.4 Å². The van der Waals surface area contributed by atoms with Gasteiger partial charge in [0.25, 0.3) is 11.8 Å². The highest BCUT2D eigenvalue weighted by Crippen LogP contribution is 2.30. The van der Waals surface area contributed by atoms with E-state index in [2.05, 4.69) is 20.8 Å². The number of carbonyl (C=O) groups is 1. The average Bonchev–Trinajstić information content (AvgIpc) is 2.58. The minimum atomic E-state index is -0.688. The first-order valence-corrected chi connectivity index (χ1v) is 7.36. The van der Waals surface area contributed by atoms with Crippen molar-refractivity contribution in [3.63, 3.8) is 0 Å². The van der Waals surface area contributed by atoms with Crippen molar-refractivity contribution in [1.82, 2.24) is 15.4 Å². The fraction of sp³-hybridized carbons (Fsp3) is 0.267. The molecule has 10 nitrogen and oxygen atoms in total. The van der Waals surface area contributed by atoms with Crippen molar-refractivity contribution < 1.29 is 19.2 Å². The molecule has 0 radical (unpaired) electrons. The quantitative estimate of drug-likeness (QED) is 0.545. The van der Waals surface area contributed by atoms with Gasteiger partial charge in [-0.05, 0) is 26.0 Å². The zero-order chi connectivity index (χ0) is 18.2. The molecule has 0 aliphatic rings. The molecule has 2 aromatic rings. The van der Waals surface area contributed by atoms with Crippen LogP contribution in [0.3, 0.4) is 0 Å². The van der Waals surface area contributed by atoms with Gasteiger partial charge in [0, 0.05) is 0 Å². The highest BCUT2D eigenvalue weighted by Gasteiger charge is 2.25. The van der Waals surface area contributed by atoms with Gasteiger partial charge in [0.15, 0.2) is 6.61 Å². The zero-order valence-electron chi connectivity index (χ0n) is 13.6. The molecule has 0 saturated carbocycles. The Bertz CT molecular complexity index is 738. The molecule has 1 aromatic heterocycles. The summed E-state index contributed by atoms with van der Waals surface area (Å²) in [6, 6.07) is 8.76. The third kappa shape index (κ3) is 5.30. The Balaban J connectivity index is 1.99. The number of para-hydroxylation sites is 1. The van der Waals surface area contributed by atoms with Gasteiger partial charge in [0.05, 0.1) is 11.0 Å². The molecule has 25 heavy (non-hydrogen) atoms. The lowest BCUT2D eigenvalue weighted by atomic mass is 10.3. The summed E-state index contributed by atoms with van der Waals surface area (Å²) in [4.78, 5) is 29.9. The minimum Gasteiger partial charge on any atom is -0.484 e. The number of carbonyl (C=O) groups excluding carboxylic acids is 1. The lowest BCUT2D eigenvalue weighted by Gasteiger charge is -2.12. The summed E-state index contributed by atoms with van der Waals surface area (Å²) in [6.45, 7) is 3.15. The number of nitrogens with zero attached hydrogens (tertiary/aromatic N) is 3. The van der Waals surface area contributed by atoms with Crippen LogP contribution < -0.4 is 20.3 Å². The molecular weight excluding hydrogens is 330 g/mol. The molecule has 1 heterocycles. The normalized spacial score (nSPS) is 10.2. The Morgan fingerprint density at radius 2 is 2.00 bits per heavy atom. The van der Waals surface area contributed by atoms with Crippen molar-refractivity contribution >= 4 is 17.4 Å². The van der Waals surface area contributed by atoms with E-state index in [0.29, 0.717) is 5.75 Å². The first kappa shape index (κ1) is 17.9. The number of nitrogens with one attached hydrogen (secondary N) is 2. The first-order chi connectivity index (χ1) is 12.0. The second-order valence-electron chi connectivity index (χ2n) is 5.07. The predicted molar refractivity (Wildman–Crippen MR) is 88.2 cm³/mol. The van der Waals surface area contributed by atoms with Gasteiger partial charge < -0.3 is 9.47 Å². The summed E-state index contributed by atoms with van der Waals surface area (Å²) in [6.07, 6.45) is 0.787. The third-order valence-corrected chi connectivity index (χ3v) is 2.75. The molecule has 1 amide bonds. The SMILES string of the molecule is CC(C)Oc1ncnc(NNC(=O)COc2ccccc2)c1[N+](=O)[O-]. The van der Waals surface area contributed by atoms with Crippen LogP contribution in [0.1, 0.15) is 13.8 Å². The minimum absolute atomic E-state index is 0.188. The summed E-state index contributed by atoms with van der Waals surface area (Å²) in [5, 5.41) is 11.2. The van der Waals surface area contributed by atoms with E-state index in [0.717, 1.165) is 6.33 Å². The van der Waals surface area contributed by atoms with Crippen LogP contribution in [0.2, 0.25) is 0 Å². The monoisotopic (exact) mass is 347 g/mol. The topological polar surface area (TPSA) is 129 Å². The summed E-state index contributed by atoms with van der Waals surface area (Å²) in [5.74, 6) is -0.391. The maximum absolute atomic E-state index is 11.8. The molecule has 0 bridgehead atoms. The predicted octanol–water partition coefficient (Wildman–Crippen LogP) is 1.69. The van der Waals surface area contributed by atoms with Crippen LogP contribution in [-0.2, 0) is 4.79 Å². The van der Waals surface area contributed by atoms with Gasteiger partial charge in [-0.15, -0.1) is 0 Å². The molecule has 0 saturated heterocycles. The number of hydrazine groups is 1. The molecule has 0 unspecified atom stereocenters. The van der Waals surface area contributed by atoms with Crippen LogP contribution in [0.15, 0.2) is 36.7 Å². The van der Waals surface area contributed by atoms with E-state index >= 15 is 0 Å². The van der Waals surface area contributed by atoms with Crippen LogP contribution in [-0.4, -0.2) is 33.5 Å². The Kier molecular flexibility index (Phi) is 6.04. The Morgan fingerprint density at radius 3 is 2.64 bits per heavy atom. The standard InChI is InChI=1S/C15H17N5O5/c1-10(2)25-15-13(20(22)23)14(16-9-17-15)19-18-12(21)8-24-11-6-4-3-5-7-11/h3-7,9-10H,8H2,1-2H3,(H,18,21)(H,16,17,19). The molecule has 0 fully saturated rings. The second kappa shape index (κ2) is 8.43. The maximum Gasteiger partial charge on any atom is 0.374 e. The average molecular weight is 347 g/mol. The van der Waals surface area contributed by atoms with Crippen molar-refractivity contribution in [3.8, 4) is 11.6 Å². The van der Waals surface area contributed by atoms with Gasteiger partial charge >= 0.3 is 5.69 Å². The van der Waals surface area contributed by atoms with Gasteiger partial charge in [-0.3, -0.25) is 25.8 Å². The second-order valence-corrected chi connectivity index (χ2v) is 5.07. The number of benzene rings is 1. The largest absolute Gasteiger partial charge is 0.484 e. The fourth-order valence-corrected chi connectivity index (χ4v) is 1.76. The van der Waals surface area contributed by atoms with Crippen LogP contribution in [0.25, 0.3) is 0 Å². The van der Waals surface area contributed by atoms with E-state index in [9.17, 15) is 14.9 Å². The molecule has 0 spiro atoms.